The van der Waals surface area contributed by atoms with Gasteiger partial charge in [-0.25, -0.2) is 5.43 Å². The molecule has 0 aromatic heterocycles. The van der Waals surface area contributed by atoms with E-state index in [-0.39, 0.29) is 5.91 Å². The fourth-order valence-corrected chi connectivity index (χ4v) is 2.23. The van der Waals surface area contributed by atoms with Crippen LogP contribution in [0.15, 0.2) is 59.2 Å². The molecule has 1 amide bonds. The normalized spacial score (nSPS) is 11.7. The molecule has 0 fully saturated rings. The van der Waals surface area contributed by atoms with Gasteiger partial charge >= 0.3 is 0 Å². The lowest BCUT2D eigenvalue weighted by Crippen LogP contribution is -2.18. The van der Waals surface area contributed by atoms with Crippen LogP contribution in [0.25, 0.3) is 6.08 Å². The number of hydrazone groups is 1. The molecule has 0 aliphatic rings. The fourth-order valence-electron chi connectivity index (χ4n) is 1.91. The van der Waals surface area contributed by atoms with E-state index < -0.39 is 0 Å². The van der Waals surface area contributed by atoms with Crippen LogP contribution in [0.1, 0.15) is 28.4 Å². The maximum atomic E-state index is 12.0. The van der Waals surface area contributed by atoms with Gasteiger partial charge in [-0.05, 0) is 42.7 Å². The zero-order chi connectivity index (χ0) is 15.9. The van der Waals surface area contributed by atoms with Gasteiger partial charge in [0.25, 0.3) is 5.91 Å². The molecule has 0 saturated carbocycles. The number of allylic oxidation sites excluding steroid dienone is 1. The molecule has 22 heavy (non-hydrogen) atoms. The van der Waals surface area contributed by atoms with Crippen LogP contribution in [-0.2, 0) is 0 Å². The minimum Gasteiger partial charge on any atom is -0.267 e. The average molecular weight is 313 g/mol. The Labute approximate surface area is 135 Å². The highest BCUT2D eigenvalue weighted by Gasteiger charge is 2.08. The Balaban J connectivity index is 2.00. The second-order valence-electron chi connectivity index (χ2n) is 4.98. The van der Waals surface area contributed by atoms with Crippen LogP contribution in [0.4, 0.5) is 0 Å². The van der Waals surface area contributed by atoms with Crippen LogP contribution in [-0.4, -0.2) is 12.1 Å². The van der Waals surface area contributed by atoms with Gasteiger partial charge in [0.15, 0.2) is 0 Å². The largest absolute Gasteiger partial charge is 0.272 e. The van der Waals surface area contributed by atoms with Gasteiger partial charge in [-0.15, -0.1) is 0 Å². The summed E-state index contributed by atoms with van der Waals surface area (Å²) >= 11 is 6.05. The number of aryl methyl sites for hydroxylation is 1. The smallest absolute Gasteiger partial charge is 0.267 e. The van der Waals surface area contributed by atoms with Gasteiger partial charge < -0.3 is 0 Å². The number of rotatable bonds is 4. The second kappa shape index (κ2) is 7.57. The van der Waals surface area contributed by atoms with Crippen molar-refractivity contribution in [1.29, 1.82) is 0 Å². The van der Waals surface area contributed by atoms with E-state index >= 15 is 0 Å². The molecule has 112 valence electrons. The molecule has 0 aliphatic carbocycles. The van der Waals surface area contributed by atoms with Crippen molar-refractivity contribution >= 4 is 29.8 Å². The molecular weight excluding hydrogens is 296 g/mol. The summed E-state index contributed by atoms with van der Waals surface area (Å²) in [6.45, 7) is 3.84. The number of carbonyl (C=O) groups is 1. The molecule has 0 saturated heterocycles. The van der Waals surface area contributed by atoms with Crippen LogP contribution in [0.5, 0.6) is 0 Å². The van der Waals surface area contributed by atoms with Crippen LogP contribution >= 0.6 is 11.6 Å². The van der Waals surface area contributed by atoms with Crippen molar-refractivity contribution < 1.29 is 4.79 Å². The molecular formula is C18H17ClN2O. The fraction of sp³-hybridized carbons (Fsp3) is 0.111. The molecule has 2 aromatic carbocycles. The van der Waals surface area contributed by atoms with Gasteiger partial charge in [-0.3, -0.25) is 4.79 Å². The van der Waals surface area contributed by atoms with E-state index in [4.69, 9.17) is 11.6 Å². The van der Waals surface area contributed by atoms with Crippen molar-refractivity contribution in [1.82, 2.24) is 5.43 Å². The second-order valence-corrected chi connectivity index (χ2v) is 5.39. The first-order chi connectivity index (χ1) is 10.6. The summed E-state index contributed by atoms with van der Waals surface area (Å²) in [5.74, 6) is -0.325. The topological polar surface area (TPSA) is 41.5 Å². The Hall–Kier alpha value is -2.39. The molecule has 0 aliphatic heterocycles. The average Bonchev–Trinajstić information content (AvgIpc) is 2.48. The molecule has 1 N–H and O–H groups in total. The molecule has 2 rings (SSSR count). The number of carbonyl (C=O) groups excluding carboxylic acids is 1. The first-order valence-corrected chi connectivity index (χ1v) is 7.27. The van der Waals surface area contributed by atoms with Crippen molar-refractivity contribution in [3.8, 4) is 0 Å². The molecule has 3 nitrogen and oxygen atoms in total. The highest BCUT2D eigenvalue weighted by Crippen LogP contribution is 2.17. The van der Waals surface area contributed by atoms with Crippen molar-refractivity contribution in [2.45, 2.75) is 13.8 Å². The Morgan fingerprint density at radius 3 is 2.59 bits per heavy atom. The minimum absolute atomic E-state index is 0.325. The lowest BCUT2D eigenvalue weighted by Gasteiger charge is -2.03. The predicted molar refractivity (Wildman–Crippen MR) is 92.2 cm³/mol. The third-order valence-electron chi connectivity index (χ3n) is 3.00. The lowest BCUT2D eigenvalue weighted by atomic mass is 10.1. The number of nitrogens with zero attached hydrogens (tertiary/aromatic N) is 1. The van der Waals surface area contributed by atoms with Gasteiger partial charge in [-0.1, -0.05) is 54.1 Å². The van der Waals surface area contributed by atoms with Crippen molar-refractivity contribution in [2.24, 2.45) is 5.10 Å². The Morgan fingerprint density at radius 1 is 1.18 bits per heavy atom. The monoisotopic (exact) mass is 312 g/mol. The number of benzene rings is 2. The van der Waals surface area contributed by atoms with E-state index in [0.717, 1.165) is 16.7 Å². The zero-order valence-electron chi connectivity index (χ0n) is 12.5. The van der Waals surface area contributed by atoms with E-state index in [2.05, 4.69) is 10.5 Å². The summed E-state index contributed by atoms with van der Waals surface area (Å²) in [5, 5.41) is 4.38. The van der Waals surface area contributed by atoms with E-state index in [1.54, 1.807) is 18.3 Å². The van der Waals surface area contributed by atoms with Crippen molar-refractivity contribution in [3.63, 3.8) is 0 Å². The summed E-state index contributed by atoms with van der Waals surface area (Å²) in [6.07, 6.45) is 3.58. The maximum Gasteiger partial charge on any atom is 0.272 e. The Bertz CT molecular complexity index is 721. The van der Waals surface area contributed by atoms with Crippen LogP contribution in [0.2, 0.25) is 5.02 Å². The highest BCUT2D eigenvalue weighted by molar-refractivity contribution is 6.33. The molecule has 2 aromatic rings. The van der Waals surface area contributed by atoms with E-state index in [9.17, 15) is 4.79 Å². The number of hydrogen-bond donors (Lipinski definition) is 1. The number of halogens is 1. The summed E-state index contributed by atoms with van der Waals surface area (Å²) in [7, 11) is 0. The minimum atomic E-state index is -0.325. The molecule has 0 unspecified atom stereocenters. The van der Waals surface area contributed by atoms with Gasteiger partial charge in [0.1, 0.15) is 0 Å². The molecule has 4 heteroatoms. The first kappa shape index (κ1) is 16.0. The van der Waals surface area contributed by atoms with Gasteiger partial charge in [0.05, 0.1) is 16.8 Å². The predicted octanol–water partition coefficient (Wildman–Crippen LogP) is 4.47. The molecule has 0 atom stereocenters. The van der Waals surface area contributed by atoms with Gasteiger partial charge in [0.2, 0.25) is 0 Å². The summed E-state index contributed by atoms with van der Waals surface area (Å²) in [4.78, 5) is 12.0. The summed E-state index contributed by atoms with van der Waals surface area (Å²) in [5.41, 5.74) is 5.91. The molecule has 0 heterocycles. The van der Waals surface area contributed by atoms with Crippen molar-refractivity contribution in [2.75, 3.05) is 0 Å². The molecule has 0 bridgehead atoms. The zero-order valence-corrected chi connectivity index (χ0v) is 13.3. The third kappa shape index (κ3) is 4.57. The SMILES string of the molecule is CC(C=NNC(=O)c1ccc(C)cc1Cl)=Cc1ccccc1. The number of hydrogen-bond acceptors (Lipinski definition) is 2. The van der Waals surface area contributed by atoms with E-state index in [0.29, 0.717) is 10.6 Å². The Morgan fingerprint density at radius 2 is 1.91 bits per heavy atom. The standard InChI is InChI=1S/C18H17ClN2O/c1-13-8-9-16(17(19)11-13)18(22)21-20-12-14(2)10-15-6-4-3-5-7-15/h3-12H,1-2H3,(H,21,22). The molecule has 0 radical (unpaired) electrons. The van der Waals surface area contributed by atoms with Crippen LogP contribution in [0.3, 0.4) is 0 Å². The lowest BCUT2D eigenvalue weighted by molar-refractivity contribution is 0.0955. The third-order valence-corrected chi connectivity index (χ3v) is 3.31. The first-order valence-electron chi connectivity index (χ1n) is 6.89. The van der Waals surface area contributed by atoms with Crippen LogP contribution < -0.4 is 5.43 Å². The quantitative estimate of drug-likeness (QED) is 0.657. The number of amides is 1. The summed E-state index contributed by atoms with van der Waals surface area (Å²) < 4.78 is 0. The van der Waals surface area contributed by atoms with E-state index in [1.165, 1.54) is 0 Å². The molecule has 0 spiro atoms. The highest BCUT2D eigenvalue weighted by atomic mass is 35.5. The number of nitrogens with one attached hydrogen (secondary N) is 1. The van der Waals surface area contributed by atoms with Crippen LogP contribution in [0, 0.1) is 6.92 Å². The van der Waals surface area contributed by atoms with Crippen molar-refractivity contribution in [3.05, 3.63) is 75.8 Å². The Kier molecular flexibility index (Phi) is 5.50. The van der Waals surface area contributed by atoms with Gasteiger partial charge in [-0.2, -0.15) is 5.10 Å². The van der Waals surface area contributed by atoms with Gasteiger partial charge in [0, 0.05) is 0 Å². The van der Waals surface area contributed by atoms with E-state index in [1.807, 2.05) is 56.3 Å². The summed E-state index contributed by atoms with van der Waals surface area (Å²) in [6, 6.07) is 15.2. The maximum absolute atomic E-state index is 12.0.